The van der Waals surface area contributed by atoms with E-state index in [0.717, 1.165) is 0 Å². The SMILES string of the molecule is CC(=O)OC[C@H]1OC(OC(C)=O)[C@H](OC(C)=O)[C@H](OC(C)=O)[C@@H](C)[C@@H]1C.CC(=O)OC[C@H]1O[C@@H](C)[C@H](OC(C)=O)[C@H](OC(C)=O)[C@@H](C)[C@@H]1C. The summed E-state index contributed by atoms with van der Waals surface area (Å²) in [5.41, 5.74) is 0. The third-order valence-electron chi connectivity index (χ3n) is 8.34. The Labute approximate surface area is 287 Å². The molecular formula is C33H52O16. The van der Waals surface area contributed by atoms with Crippen molar-refractivity contribution in [1.29, 1.82) is 0 Å². The molecule has 0 N–H and O–H groups in total. The van der Waals surface area contributed by atoms with Gasteiger partial charge in [0.15, 0.2) is 6.10 Å². The second-order valence-electron chi connectivity index (χ2n) is 12.4. The first-order chi connectivity index (χ1) is 22.7. The van der Waals surface area contributed by atoms with Gasteiger partial charge in [-0.1, -0.05) is 27.7 Å². The fraction of sp³-hybridized carbons (Fsp3) is 0.788. The third-order valence-corrected chi connectivity index (χ3v) is 8.34. The van der Waals surface area contributed by atoms with E-state index in [1.807, 2.05) is 20.8 Å². The summed E-state index contributed by atoms with van der Waals surface area (Å²) in [6.45, 7) is 18.0. The van der Waals surface area contributed by atoms with Gasteiger partial charge in [0.1, 0.15) is 25.4 Å². The maximum Gasteiger partial charge on any atom is 0.305 e. The van der Waals surface area contributed by atoms with E-state index in [-0.39, 0.29) is 43.0 Å². The molecule has 0 aliphatic carbocycles. The van der Waals surface area contributed by atoms with Crippen molar-refractivity contribution in [2.24, 2.45) is 23.7 Å². The molecule has 2 saturated heterocycles. The normalized spacial score (nSPS) is 32.7. The van der Waals surface area contributed by atoms with E-state index >= 15 is 0 Å². The molecule has 0 radical (unpaired) electrons. The molecule has 2 rings (SSSR count). The first-order valence-corrected chi connectivity index (χ1v) is 16.1. The van der Waals surface area contributed by atoms with Crippen LogP contribution in [-0.2, 0) is 76.2 Å². The number of ether oxygens (including phenoxy) is 9. The van der Waals surface area contributed by atoms with Crippen LogP contribution in [-0.4, -0.2) is 104 Å². The smallest absolute Gasteiger partial charge is 0.305 e. The quantitative estimate of drug-likeness (QED) is 0.250. The fourth-order valence-corrected chi connectivity index (χ4v) is 5.59. The fourth-order valence-electron chi connectivity index (χ4n) is 5.59. The Hall–Kier alpha value is -3.79. The largest absolute Gasteiger partial charge is 0.463 e. The van der Waals surface area contributed by atoms with Gasteiger partial charge >= 0.3 is 41.8 Å². The first kappa shape index (κ1) is 43.2. The van der Waals surface area contributed by atoms with E-state index in [1.165, 1.54) is 48.5 Å². The monoisotopic (exact) mass is 704 g/mol. The molecule has 2 aliphatic rings. The predicted molar refractivity (Wildman–Crippen MR) is 167 cm³/mol. The van der Waals surface area contributed by atoms with Crippen molar-refractivity contribution in [1.82, 2.24) is 0 Å². The highest BCUT2D eigenvalue weighted by atomic mass is 16.7. The summed E-state index contributed by atoms with van der Waals surface area (Å²) < 4.78 is 48.3. The summed E-state index contributed by atoms with van der Waals surface area (Å²) in [5.74, 6) is -4.51. The minimum absolute atomic E-state index is 0.0679. The Morgan fingerprint density at radius 1 is 0.408 bits per heavy atom. The summed E-state index contributed by atoms with van der Waals surface area (Å²) in [6.07, 6.45) is -6.23. The van der Waals surface area contributed by atoms with Crippen LogP contribution >= 0.6 is 0 Å². The van der Waals surface area contributed by atoms with Gasteiger partial charge in [-0.15, -0.1) is 0 Å². The van der Waals surface area contributed by atoms with Crippen LogP contribution in [0.25, 0.3) is 0 Å². The van der Waals surface area contributed by atoms with E-state index in [0.29, 0.717) is 0 Å². The minimum Gasteiger partial charge on any atom is -0.463 e. The Morgan fingerprint density at radius 2 is 0.735 bits per heavy atom. The van der Waals surface area contributed by atoms with Crippen LogP contribution in [0.15, 0.2) is 0 Å². The number of carbonyl (C=O) groups excluding carboxylic acids is 7. The minimum atomic E-state index is -1.31. The Bertz CT molecular complexity index is 1170. The van der Waals surface area contributed by atoms with Crippen molar-refractivity contribution in [3.8, 4) is 0 Å². The molecule has 0 aromatic heterocycles. The maximum absolute atomic E-state index is 11.6. The van der Waals surface area contributed by atoms with Crippen molar-refractivity contribution in [2.45, 2.75) is 132 Å². The number of hydrogen-bond donors (Lipinski definition) is 0. The molecule has 16 heteroatoms. The standard InChI is InChI=1S/C17H26O9.C16H26O7/c1-8-9(2)15(23-11(4)19)16(24-12(5)20)17(25-13(6)21)26-14(8)7-22-10(3)18;1-8-9(2)15(22-12(5)18)16(23-13(6)19)10(3)21-14(8)7-20-11(4)17/h8-9,14-17H,7H2,1-6H3;8-10,14-16H,7H2,1-6H3/t8-,9-,14+,15+,16+,17?;8-,9-,10-,14+,15+,16-/m00/s1. The molecule has 12 atom stereocenters. The molecule has 0 aromatic carbocycles. The van der Waals surface area contributed by atoms with Crippen molar-refractivity contribution < 1.29 is 76.2 Å². The second kappa shape index (κ2) is 20.0. The van der Waals surface area contributed by atoms with Crippen LogP contribution in [0.1, 0.15) is 83.1 Å². The molecule has 2 aliphatic heterocycles. The van der Waals surface area contributed by atoms with E-state index < -0.39 is 84.7 Å². The molecule has 0 spiro atoms. The summed E-state index contributed by atoms with van der Waals surface area (Å²) in [5, 5.41) is 0. The Kier molecular flexibility index (Phi) is 17.7. The molecular weight excluding hydrogens is 652 g/mol. The van der Waals surface area contributed by atoms with Gasteiger partial charge in [-0.2, -0.15) is 0 Å². The van der Waals surface area contributed by atoms with Gasteiger partial charge in [-0.05, 0) is 18.8 Å². The highest BCUT2D eigenvalue weighted by molar-refractivity contribution is 5.69. The van der Waals surface area contributed by atoms with Crippen LogP contribution in [0.2, 0.25) is 0 Å². The Morgan fingerprint density at radius 3 is 1.10 bits per heavy atom. The molecule has 0 aromatic rings. The average molecular weight is 705 g/mol. The topological polar surface area (TPSA) is 203 Å². The average Bonchev–Trinajstić information content (AvgIpc) is 3.10. The summed E-state index contributed by atoms with van der Waals surface area (Å²) >= 11 is 0. The third kappa shape index (κ3) is 14.3. The zero-order chi connectivity index (χ0) is 37.7. The second-order valence-corrected chi connectivity index (χ2v) is 12.4. The van der Waals surface area contributed by atoms with Crippen LogP contribution in [0.5, 0.6) is 0 Å². The Balaban J connectivity index is 0.000000494. The zero-order valence-electron chi connectivity index (χ0n) is 30.4. The van der Waals surface area contributed by atoms with Gasteiger partial charge in [0.25, 0.3) is 0 Å². The number of hydrogen-bond acceptors (Lipinski definition) is 16. The lowest BCUT2D eigenvalue weighted by atomic mass is 9.85. The number of esters is 7. The van der Waals surface area contributed by atoms with Gasteiger partial charge in [0.2, 0.25) is 12.4 Å². The van der Waals surface area contributed by atoms with Crippen molar-refractivity contribution in [3.05, 3.63) is 0 Å². The number of rotatable bonds is 9. The highest BCUT2D eigenvalue weighted by Gasteiger charge is 2.49. The highest BCUT2D eigenvalue weighted by Crippen LogP contribution is 2.35. The van der Waals surface area contributed by atoms with Crippen LogP contribution < -0.4 is 0 Å². The molecule has 2 heterocycles. The maximum atomic E-state index is 11.6. The van der Waals surface area contributed by atoms with Crippen LogP contribution in [0, 0.1) is 23.7 Å². The summed E-state index contributed by atoms with van der Waals surface area (Å²) in [6, 6.07) is 0. The summed E-state index contributed by atoms with van der Waals surface area (Å²) in [7, 11) is 0. The first-order valence-electron chi connectivity index (χ1n) is 16.1. The van der Waals surface area contributed by atoms with Gasteiger partial charge in [0.05, 0.1) is 18.3 Å². The van der Waals surface area contributed by atoms with Crippen molar-refractivity contribution in [2.75, 3.05) is 13.2 Å². The van der Waals surface area contributed by atoms with E-state index in [4.69, 9.17) is 42.6 Å². The lowest BCUT2D eigenvalue weighted by Gasteiger charge is -2.32. The molecule has 280 valence electrons. The molecule has 0 amide bonds. The van der Waals surface area contributed by atoms with Crippen molar-refractivity contribution in [3.63, 3.8) is 0 Å². The van der Waals surface area contributed by atoms with Crippen molar-refractivity contribution >= 4 is 41.8 Å². The molecule has 2 fully saturated rings. The molecule has 49 heavy (non-hydrogen) atoms. The summed E-state index contributed by atoms with van der Waals surface area (Å²) in [4.78, 5) is 79.6. The molecule has 16 nitrogen and oxygen atoms in total. The van der Waals surface area contributed by atoms with Gasteiger partial charge < -0.3 is 42.6 Å². The van der Waals surface area contributed by atoms with Gasteiger partial charge in [0, 0.05) is 60.3 Å². The molecule has 0 bridgehead atoms. The lowest BCUT2D eigenvalue weighted by Crippen LogP contribution is -2.47. The van der Waals surface area contributed by atoms with E-state index in [1.54, 1.807) is 13.8 Å². The van der Waals surface area contributed by atoms with Crippen LogP contribution in [0.4, 0.5) is 0 Å². The molecule has 1 unspecified atom stereocenters. The van der Waals surface area contributed by atoms with E-state index in [9.17, 15) is 33.6 Å². The predicted octanol–water partition coefficient (Wildman–Crippen LogP) is 2.45. The molecule has 0 saturated carbocycles. The van der Waals surface area contributed by atoms with Crippen LogP contribution in [0.3, 0.4) is 0 Å². The lowest BCUT2D eigenvalue weighted by molar-refractivity contribution is -0.237. The van der Waals surface area contributed by atoms with Gasteiger partial charge in [-0.3, -0.25) is 33.6 Å². The van der Waals surface area contributed by atoms with Gasteiger partial charge in [-0.25, -0.2) is 0 Å². The zero-order valence-corrected chi connectivity index (χ0v) is 30.4. The number of carbonyl (C=O) groups is 7. The van der Waals surface area contributed by atoms with E-state index in [2.05, 4.69) is 0 Å².